The number of hydrogen-bond acceptors (Lipinski definition) is 7. The lowest BCUT2D eigenvalue weighted by Gasteiger charge is -2.45. The molecule has 0 amide bonds. The zero-order valence-electron chi connectivity index (χ0n) is 15.6. The number of aryl methyl sites for hydroxylation is 1. The molecule has 5 rings (SSSR count). The van der Waals surface area contributed by atoms with Crippen molar-refractivity contribution in [2.75, 3.05) is 31.6 Å². The van der Waals surface area contributed by atoms with Gasteiger partial charge in [-0.3, -0.25) is 4.90 Å². The Morgan fingerprint density at radius 3 is 2.74 bits per heavy atom. The van der Waals surface area contributed by atoms with Crippen LogP contribution in [0, 0.1) is 6.92 Å². The van der Waals surface area contributed by atoms with E-state index in [9.17, 15) is 5.11 Å². The minimum atomic E-state index is -0.606. The Morgan fingerprint density at radius 1 is 1.22 bits per heavy atom. The van der Waals surface area contributed by atoms with Crippen LogP contribution < -0.4 is 4.90 Å². The smallest absolute Gasteiger partial charge is 0.178 e. The van der Waals surface area contributed by atoms with Crippen LogP contribution in [0.3, 0.4) is 0 Å². The summed E-state index contributed by atoms with van der Waals surface area (Å²) in [6, 6.07) is 8.11. The number of furan rings is 1. The quantitative estimate of drug-likeness (QED) is 0.710. The minimum Gasteiger partial charge on any atom is -0.464 e. The lowest BCUT2D eigenvalue weighted by Crippen LogP contribution is -2.59. The first-order valence-corrected chi connectivity index (χ1v) is 9.50. The van der Waals surface area contributed by atoms with E-state index in [0.717, 1.165) is 36.1 Å². The molecule has 2 aliphatic rings. The number of rotatable bonds is 6. The molecule has 3 aromatic heterocycles. The summed E-state index contributed by atoms with van der Waals surface area (Å²) in [5.41, 5.74) is 0.812. The molecule has 1 N–H and O–H groups in total. The van der Waals surface area contributed by atoms with Crippen molar-refractivity contribution in [2.45, 2.75) is 37.8 Å². The number of fused-ring (bicyclic) bond motifs is 1. The molecule has 27 heavy (non-hydrogen) atoms. The molecular weight excluding hydrogens is 344 g/mol. The maximum atomic E-state index is 10.4. The number of aliphatic hydroxyl groups excluding tert-OH is 1. The molecule has 1 saturated carbocycles. The van der Waals surface area contributed by atoms with Crippen molar-refractivity contribution in [3.05, 3.63) is 41.6 Å². The molecule has 3 aromatic rings. The van der Waals surface area contributed by atoms with Gasteiger partial charge in [0.25, 0.3) is 0 Å². The first-order chi connectivity index (χ1) is 13.1. The van der Waals surface area contributed by atoms with Gasteiger partial charge in [0.1, 0.15) is 23.4 Å². The van der Waals surface area contributed by atoms with Gasteiger partial charge >= 0.3 is 0 Å². The maximum Gasteiger partial charge on any atom is 0.178 e. The average Bonchev–Trinajstić information content (AvgIpc) is 3.21. The number of nitrogens with zero attached hydrogens (tertiary/aromatic N) is 6. The van der Waals surface area contributed by atoms with Gasteiger partial charge in [-0.25, -0.2) is 0 Å². The third-order valence-electron chi connectivity index (χ3n) is 5.58. The normalized spacial score (nSPS) is 19.0. The van der Waals surface area contributed by atoms with E-state index >= 15 is 0 Å². The summed E-state index contributed by atoms with van der Waals surface area (Å²) >= 11 is 0. The Labute approximate surface area is 157 Å². The van der Waals surface area contributed by atoms with Crippen molar-refractivity contribution < 1.29 is 9.52 Å². The Kier molecular flexibility index (Phi) is 3.91. The van der Waals surface area contributed by atoms with Gasteiger partial charge in [0.05, 0.1) is 0 Å². The number of hydrogen-bond donors (Lipinski definition) is 1. The lowest BCUT2D eigenvalue weighted by atomic mass is 10.1. The highest BCUT2D eigenvalue weighted by Gasteiger charge is 2.33. The van der Waals surface area contributed by atoms with Crippen molar-refractivity contribution in [3.8, 4) is 0 Å². The largest absolute Gasteiger partial charge is 0.464 e. The summed E-state index contributed by atoms with van der Waals surface area (Å²) in [4.78, 5) is 4.44. The van der Waals surface area contributed by atoms with Gasteiger partial charge in [0, 0.05) is 31.6 Å². The summed E-state index contributed by atoms with van der Waals surface area (Å²) in [7, 11) is 2.04. The van der Waals surface area contributed by atoms with Gasteiger partial charge in [-0.15, -0.1) is 15.3 Å². The number of aliphatic hydroxyl groups is 1. The van der Waals surface area contributed by atoms with Crippen LogP contribution in [0.4, 0.5) is 5.82 Å². The second-order valence-electron chi connectivity index (χ2n) is 7.76. The van der Waals surface area contributed by atoms with Crippen molar-refractivity contribution in [2.24, 2.45) is 0 Å². The van der Waals surface area contributed by atoms with E-state index in [0.29, 0.717) is 24.3 Å². The highest BCUT2D eigenvalue weighted by Crippen LogP contribution is 2.38. The molecule has 0 aromatic carbocycles. The zero-order valence-corrected chi connectivity index (χ0v) is 15.6. The summed E-state index contributed by atoms with van der Waals surface area (Å²) < 4.78 is 7.42. The standard InChI is InChI=1S/C19H24N6O2/c1-12-3-6-16(27-12)15(26)11-23(2)14-9-24(10-14)18-8-7-17-20-21-19(13-4-5-13)25(17)22-18/h3,6-8,13-15,26H,4-5,9-11H2,1-2H3. The fourth-order valence-electron chi connectivity index (χ4n) is 3.63. The minimum absolute atomic E-state index is 0.386. The highest BCUT2D eigenvalue weighted by atomic mass is 16.4. The molecule has 8 heteroatoms. The molecular formula is C19H24N6O2. The van der Waals surface area contributed by atoms with E-state index in [-0.39, 0.29) is 0 Å². The molecule has 8 nitrogen and oxygen atoms in total. The van der Waals surface area contributed by atoms with Gasteiger partial charge < -0.3 is 14.4 Å². The van der Waals surface area contributed by atoms with E-state index in [2.05, 4.69) is 20.0 Å². The molecule has 0 radical (unpaired) electrons. The van der Waals surface area contributed by atoms with Crippen LogP contribution in [0.25, 0.3) is 5.65 Å². The first-order valence-electron chi connectivity index (χ1n) is 9.50. The molecule has 1 aliphatic carbocycles. The second-order valence-corrected chi connectivity index (χ2v) is 7.76. The summed E-state index contributed by atoms with van der Waals surface area (Å²) in [5.74, 6) is 3.91. The van der Waals surface area contributed by atoms with Crippen LogP contribution in [0.1, 0.15) is 42.2 Å². The van der Waals surface area contributed by atoms with Crippen LogP contribution in [0.2, 0.25) is 0 Å². The van der Waals surface area contributed by atoms with Crippen LogP contribution in [0.15, 0.2) is 28.7 Å². The van der Waals surface area contributed by atoms with E-state index in [4.69, 9.17) is 9.52 Å². The van der Waals surface area contributed by atoms with Crippen LogP contribution in [-0.4, -0.2) is 62.5 Å². The zero-order chi connectivity index (χ0) is 18.5. The third-order valence-corrected chi connectivity index (χ3v) is 5.58. The maximum absolute atomic E-state index is 10.4. The predicted octanol–water partition coefficient (Wildman–Crippen LogP) is 1.76. The van der Waals surface area contributed by atoms with Crippen LogP contribution in [-0.2, 0) is 0 Å². The van der Waals surface area contributed by atoms with Gasteiger partial charge in [0.2, 0.25) is 0 Å². The van der Waals surface area contributed by atoms with Crippen molar-refractivity contribution in [3.63, 3.8) is 0 Å². The van der Waals surface area contributed by atoms with Gasteiger partial charge in [0.15, 0.2) is 11.5 Å². The molecule has 1 aliphatic heterocycles. The second kappa shape index (κ2) is 6.31. The third kappa shape index (κ3) is 3.08. The van der Waals surface area contributed by atoms with Crippen LogP contribution >= 0.6 is 0 Å². The average molecular weight is 368 g/mol. The van der Waals surface area contributed by atoms with E-state index in [1.165, 1.54) is 12.8 Å². The van der Waals surface area contributed by atoms with Gasteiger partial charge in [-0.1, -0.05) is 0 Å². The van der Waals surface area contributed by atoms with Crippen molar-refractivity contribution >= 4 is 11.5 Å². The monoisotopic (exact) mass is 368 g/mol. The Hall–Kier alpha value is -2.45. The molecule has 0 bridgehead atoms. The molecule has 1 saturated heterocycles. The SMILES string of the molecule is Cc1ccc(C(O)CN(C)C2CN(c3ccc4nnc(C5CC5)n4n3)C2)o1. The molecule has 142 valence electrons. The summed E-state index contributed by atoms with van der Waals surface area (Å²) in [6.45, 7) is 4.22. The topological polar surface area (TPSA) is 82.9 Å². The Balaban J connectivity index is 1.22. The Morgan fingerprint density at radius 2 is 2.04 bits per heavy atom. The van der Waals surface area contributed by atoms with Crippen molar-refractivity contribution in [1.29, 1.82) is 0 Å². The van der Waals surface area contributed by atoms with Gasteiger partial charge in [-0.05, 0) is 51.1 Å². The van der Waals surface area contributed by atoms with Crippen LogP contribution in [0.5, 0.6) is 0 Å². The number of likely N-dealkylation sites (N-methyl/N-ethyl adjacent to an activating group) is 1. The number of aromatic nitrogens is 4. The van der Waals surface area contributed by atoms with Gasteiger partial charge in [-0.2, -0.15) is 4.52 Å². The molecule has 2 fully saturated rings. The Bertz CT molecular complexity index is 956. The van der Waals surface area contributed by atoms with E-state index in [1.807, 2.05) is 42.8 Å². The first kappa shape index (κ1) is 16.7. The van der Waals surface area contributed by atoms with Crippen molar-refractivity contribution in [1.82, 2.24) is 24.7 Å². The highest BCUT2D eigenvalue weighted by molar-refractivity contribution is 5.48. The fraction of sp³-hybridized carbons (Fsp3) is 0.526. The predicted molar refractivity (Wildman–Crippen MR) is 99.8 cm³/mol. The fourth-order valence-corrected chi connectivity index (χ4v) is 3.63. The molecule has 4 heterocycles. The molecule has 1 atom stereocenters. The van der Waals surface area contributed by atoms with E-state index in [1.54, 1.807) is 0 Å². The molecule has 1 unspecified atom stereocenters. The summed E-state index contributed by atoms with van der Waals surface area (Å²) in [6.07, 6.45) is 1.76. The summed E-state index contributed by atoms with van der Waals surface area (Å²) in [5, 5.41) is 23.6. The molecule has 0 spiro atoms. The van der Waals surface area contributed by atoms with E-state index < -0.39 is 6.10 Å². The lowest BCUT2D eigenvalue weighted by molar-refractivity contribution is 0.0787. The number of anilines is 1.